The maximum Gasteiger partial charge on any atom is 0.240 e. The quantitative estimate of drug-likeness (QED) is 0.395. The van der Waals surface area contributed by atoms with E-state index < -0.39 is 0 Å². The highest BCUT2D eigenvalue weighted by atomic mass is 16.5. The van der Waals surface area contributed by atoms with Crippen LogP contribution >= 0.6 is 0 Å². The standard InChI is InChI=1S/C30H31N5O2/c1-22-8-10-23(11-9-22)27-20-28(24-12-14-26(37-2)15-13-24)32-30(31-27)33-29(36)21-34-16-18-35(19-17-34)25-6-4-3-5-7-25/h3-15,20H,16-19,21H2,1-2H3,(H,31,32,33,36). The second kappa shape index (κ2) is 11.2. The van der Waals surface area contributed by atoms with Crippen LogP contribution in [0.3, 0.4) is 0 Å². The molecule has 1 aromatic heterocycles. The Morgan fingerprint density at radius 2 is 1.43 bits per heavy atom. The molecule has 0 spiro atoms. The van der Waals surface area contributed by atoms with Crippen LogP contribution in [0.5, 0.6) is 5.75 Å². The number of anilines is 2. The number of carbonyl (C=O) groups is 1. The molecule has 7 heteroatoms. The van der Waals surface area contributed by atoms with E-state index in [1.165, 1.54) is 11.3 Å². The number of rotatable bonds is 7. The molecule has 4 aromatic rings. The number of aryl methyl sites for hydroxylation is 1. The van der Waals surface area contributed by atoms with Crippen molar-refractivity contribution in [3.8, 4) is 28.3 Å². The first-order chi connectivity index (χ1) is 18.1. The third-order valence-corrected chi connectivity index (χ3v) is 6.57. The number of nitrogens with one attached hydrogen (secondary N) is 1. The lowest BCUT2D eigenvalue weighted by Gasteiger charge is -2.35. The highest BCUT2D eigenvalue weighted by Gasteiger charge is 2.20. The molecule has 37 heavy (non-hydrogen) atoms. The first-order valence-electron chi connectivity index (χ1n) is 12.5. The molecule has 7 nitrogen and oxygen atoms in total. The summed E-state index contributed by atoms with van der Waals surface area (Å²) in [5.74, 6) is 0.962. The second-order valence-electron chi connectivity index (χ2n) is 9.20. The van der Waals surface area contributed by atoms with Crippen LogP contribution in [0.15, 0.2) is 84.9 Å². The first-order valence-corrected chi connectivity index (χ1v) is 12.5. The average molecular weight is 494 g/mol. The van der Waals surface area contributed by atoms with Gasteiger partial charge in [0, 0.05) is 43.0 Å². The minimum atomic E-state index is -0.116. The minimum Gasteiger partial charge on any atom is -0.497 e. The normalized spacial score (nSPS) is 13.8. The lowest BCUT2D eigenvalue weighted by molar-refractivity contribution is -0.117. The molecule has 5 rings (SSSR count). The number of nitrogens with zero attached hydrogens (tertiary/aromatic N) is 4. The highest BCUT2D eigenvalue weighted by molar-refractivity contribution is 5.91. The van der Waals surface area contributed by atoms with Gasteiger partial charge in [-0.3, -0.25) is 15.0 Å². The number of methoxy groups -OCH3 is 1. The molecule has 1 aliphatic heterocycles. The van der Waals surface area contributed by atoms with E-state index in [-0.39, 0.29) is 5.91 Å². The summed E-state index contributed by atoms with van der Waals surface area (Å²) < 4.78 is 5.29. The van der Waals surface area contributed by atoms with Crippen molar-refractivity contribution in [1.82, 2.24) is 14.9 Å². The second-order valence-corrected chi connectivity index (χ2v) is 9.20. The minimum absolute atomic E-state index is 0.116. The molecule has 1 N–H and O–H groups in total. The fourth-order valence-electron chi connectivity index (χ4n) is 4.46. The third-order valence-electron chi connectivity index (χ3n) is 6.57. The van der Waals surface area contributed by atoms with E-state index >= 15 is 0 Å². The molecular weight excluding hydrogens is 462 g/mol. The maximum atomic E-state index is 13.0. The molecule has 1 saturated heterocycles. The highest BCUT2D eigenvalue weighted by Crippen LogP contribution is 2.27. The van der Waals surface area contributed by atoms with Gasteiger partial charge in [0.1, 0.15) is 5.75 Å². The van der Waals surface area contributed by atoms with Gasteiger partial charge in [-0.15, -0.1) is 0 Å². The Bertz CT molecular complexity index is 1330. The number of piperazine rings is 1. The van der Waals surface area contributed by atoms with Gasteiger partial charge in [-0.1, -0.05) is 48.0 Å². The van der Waals surface area contributed by atoms with Gasteiger partial charge in [-0.05, 0) is 49.4 Å². The number of para-hydroxylation sites is 1. The predicted octanol–water partition coefficient (Wildman–Crippen LogP) is 4.89. The van der Waals surface area contributed by atoms with Gasteiger partial charge in [-0.25, -0.2) is 9.97 Å². The fourth-order valence-corrected chi connectivity index (χ4v) is 4.46. The van der Waals surface area contributed by atoms with Gasteiger partial charge in [-0.2, -0.15) is 0 Å². The van der Waals surface area contributed by atoms with Crippen LogP contribution in [0, 0.1) is 6.92 Å². The smallest absolute Gasteiger partial charge is 0.240 e. The molecule has 1 aliphatic rings. The SMILES string of the molecule is COc1ccc(-c2cc(-c3ccc(C)cc3)nc(NC(=O)CN3CCN(c4ccccc4)CC3)n2)cc1. The van der Waals surface area contributed by atoms with Crippen LogP contribution in [0.25, 0.3) is 22.5 Å². The van der Waals surface area contributed by atoms with Crippen molar-refractivity contribution in [3.05, 3.63) is 90.5 Å². The van der Waals surface area contributed by atoms with Crippen molar-refractivity contribution >= 4 is 17.5 Å². The Morgan fingerprint density at radius 1 is 0.838 bits per heavy atom. The van der Waals surface area contributed by atoms with Crippen LogP contribution in [0.4, 0.5) is 11.6 Å². The molecule has 0 saturated carbocycles. The average Bonchev–Trinajstić information content (AvgIpc) is 2.94. The molecular formula is C30H31N5O2. The zero-order valence-electron chi connectivity index (χ0n) is 21.2. The summed E-state index contributed by atoms with van der Waals surface area (Å²) in [6, 6.07) is 28.2. The van der Waals surface area contributed by atoms with Crippen molar-refractivity contribution in [2.45, 2.75) is 6.92 Å². The molecule has 0 aliphatic carbocycles. The fraction of sp³-hybridized carbons (Fsp3) is 0.233. The van der Waals surface area contributed by atoms with Crippen molar-refractivity contribution in [1.29, 1.82) is 0 Å². The molecule has 1 fully saturated rings. The molecule has 188 valence electrons. The summed E-state index contributed by atoms with van der Waals surface area (Å²) in [4.78, 5) is 26.9. The third kappa shape index (κ3) is 6.13. The summed E-state index contributed by atoms with van der Waals surface area (Å²) >= 11 is 0. The first kappa shape index (κ1) is 24.5. The number of benzene rings is 3. The van der Waals surface area contributed by atoms with E-state index in [9.17, 15) is 4.79 Å². The Hall–Kier alpha value is -4.23. The van der Waals surface area contributed by atoms with E-state index in [1.807, 2.05) is 48.5 Å². The van der Waals surface area contributed by atoms with Crippen molar-refractivity contribution in [3.63, 3.8) is 0 Å². The molecule has 1 amide bonds. The number of amides is 1. The van der Waals surface area contributed by atoms with Crippen LogP contribution in [0.2, 0.25) is 0 Å². The van der Waals surface area contributed by atoms with E-state index in [0.29, 0.717) is 12.5 Å². The van der Waals surface area contributed by atoms with Crippen molar-refractivity contribution in [2.24, 2.45) is 0 Å². The predicted molar refractivity (Wildman–Crippen MR) is 148 cm³/mol. The van der Waals surface area contributed by atoms with Gasteiger partial charge in [0.15, 0.2) is 0 Å². The van der Waals surface area contributed by atoms with E-state index in [1.54, 1.807) is 7.11 Å². The molecule has 0 bridgehead atoms. The summed E-state index contributed by atoms with van der Waals surface area (Å²) in [5.41, 5.74) is 5.78. The number of carbonyl (C=O) groups excluding carboxylic acids is 1. The molecule has 0 radical (unpaired) electrons. The molecule has 0 atom stereocenters. The number of hydrogen-bond acceptors (Lipinski definition) is 6. The zero-order chi connectivity index (χ0) is 25.6. The van der Waals surface area contributed by atoms with E-state index in [0.717, 1.165) is 54.4 Å². The topological polar surface area (TPSA) is 70.6 Å². The van der Waals surface area contributed by atoms with Crippen LogP contribution in [0.1, 0.15) is 5.56 Å². The monoisotopic (exact) mass is 493 g/mol. The summed E-state index contributed by atoms with van der Waals surface area (Å²) in [6.45, 7) is 5.78. The Labute approximate surface area is 217 Å². The molecule has 2 heterocycles. The Morgan fingerprint density at radius 3 is 2.03 bits per heavy atom. The molecule has 3 aromatic carbocycles. The van der Waals surface area contributed by atoms with Gasteiger partial charge in [0.2, 0.25) is 11.9 Å². The Kier molecular flexibility index (Phi) is 7.42. The van der Waals surface area contributed by atoms with Crippen molar-refractivity contribution in [2.75, 3.05) is 50.1 Å². The largest absolute Gasteiger partial charge is 0.497 e. The van der Waals surface area contributed by atoms with Crippen LogP contribution in [-0.4, -0.2) is 60.6 Å². The summed E-state index contributed by atoms with van der Waals surface area (Å²) in [5, 5.41) is 2.95. The summed E-state index contributed by atoms with van der Waals surface area (Å²) in [7, 11) is 1.64. The number of aromatic nitrogens is 2. The van der Waals surface area contributed by atoms with E-state index in [4.69, 9.17) is 4.74 Å². The molecule has 0 unspecified atom stereocenters. The number of ether oxygens (including phenoxy) is 1. The van der Waals surface area contributed by atoms with Crippen molar-refractivity contribution < 1.29 is 9.53 Å². The van der Waals surface area contributed by atoms with E-state index in [2.05, 4.69) is 68.4 Å². The van der Waals surface area contributed by atoms with Crippen LogP contribution in [-0.2, 0) is 4.79 Å². The van der Waals surface area contributed by atoms with Gasteiger partial charge < -0.3 is 9.64 Å². The number of hydrogen-bond donors (Lipinski definition) is 1. The lowest BCUT2D eigenvalue weighted by atomic mass is 10.1. The Balaban J connectivity index is 1.31. The van der Waals surface area contributed by atoms with Crippen LogP contribution < -0.4 is 15.0 Å². The van der Waals surface area contributed by atoms with Gasteiger partial charge in [0.25, 0.3) is 0 Å². The maximum absolute atomic E-state index is 13.0. The zero-order valence-corrected chi connectivity index (χ0v) is 21.2. The summed E-state index contributed by atoms with van der Waals surface area (Å²) in [6.07, 6.45) is 0. The lowest BCUT2D eigenvalue weighted by Crippen LogP contribution is -2.48. The van der Waals surface area contributed by atoms with Gasteiger partial charge >= 0.3 is 0 Å². The van der Waals surface area contributed by atoms with Gasteiger partial charge in [0.05, 0.1) is 25.0 Å².